The summed E-state index contributed by atoms with van der Waals surface area (Å²) in [5.41, 5.74) is 0.933. The monoisotopic (exact) mass is 377 g/mol. The summed E-state index contributed by atoms with van der Waals surface area (Å²) in [4.78, 5) is 34.6. The van der Waals surface area contributed by atoms with E-state index in [1.165, 1.54) is 24.3 Å². The first-order valence-electron chi connectivity index (χ1n) is 8.75. The van der Waals surface area contributed by atoms with E-state index >= 15 is 0 Å². The van der Waals surface area contributed by atoms with Crippen molar-refractivity contribution < 1.29 is 14.5 Å². The molecule has 0 saturated heterocycles. The maximum atomic E-state index is 12.2. The Labute approximate surface area is 161 Å². The lowest BCUT2D eigenvalue weighted by atomic mass is 10.00. The molecular formula is C21H19N3O4. The van der Waals surface area contributed by atoms with Crippen molar-refractivity contribution >= 4 is 28.3 Å². The zero-order chi connectivity index (χ0) is 20.1. The molecule has 2 N–H and O–H groups in total. The van der Waals surface area contributed by atoms with Crippen molar-refractivity contribution in [1.29, 1.82) is 0 Å². The topological polar surface area (TPSA) is 101 Å². The number of rotatable bonds is 6. The van der Waals surface area contributed by atoms with E-state index in [0.29, 0.717) is 0 Å². The van der Waals surface area contributed by atoms with Crippen LogP contribution in [0.2, 0.25) is 0 Å². The Balaban J connectivity index is 1.61. The number of nitrogens with one attached hydrogen (secondary N) is 2. The van der Waals surface area contributed by atoms with Crippen LogP contribution in [-0.4, -0.2) is 23.3 Å². The number of nitro benzene ring substituents is 1. The summed E-state index contributed by atoms with van der Waals surface area (Å²) < 4.78 is 0. The number of carbonyl (C=O) groups excluding carboxylic acids is 2. The van der Waals surface area contributed by atoms with Crippen LogP contribution in [0.3, 0.4) is 0 Å². The Hall–Kier alpha value is -3.74. The van der Waals surface area contributed by atoms with Crippen LogP contribution in [0.15, 0.2) is 66.7 Å². The molecule has 1 unspecified atom stereocenters. The molecule has 1 atom stereocenters. The summed E-state index contributed by atoms with van der Waals surface area (Å²) in [5.74, 6) is -0.893. The fraction of sp³-hybridized carbons (Fsp3) is 0.143. The second kappa shape index (κ2) is 8.30. The van der Waals surface area contributed by atoms with Crippen LogP contribution in [-0.2, 0) is 4.79 Å². The molecule has 0 aliphatic heterocycles. The van der Waals surface area contributed by atoms with Gasteiger partial charge in [0.25, 0.3) is 11.6 Å². The molecule has 7 heteroatoms. The van der Waals surface area contributed by atoms with E-state index < -0.39 is 10.8 Å². The number of carbonyl (C=O) groups is 2. The highest BCUT2D eigenvalue weighted by Crippen LogP contribution is 2.23. The average molecular weight is 377 g/mol. The molecule has 0 bridgehead atoms. The minimum absolute atomic E-state index is 0.129. The molecule has 0 spiro atoms. The molecule has 0 aliphatic rings. The third kappa shape index (κ3) is 4.32. The Morgan fingerprint density at radius 3 is 2.54 bits per heavy atom. The van der Waals surface area contributed by atoms with Crippen LogP contribution in [0, 0.1) is 10.1 Å². The predicted molar refractivity (Wildman–Crippen MR) is 106 cm³/mol. The summed E-state index contributed by atoms with van der Waals surface area (Å²) >= 11 is 0. The van der Waals surface area contributed by atoms with Gasteiger partial charge < -0.3 is 10.6 Å². The van der Waals surface area contributed by atoms with Crippen molar-refractivity contribution in [3.8, 4) is 0 Å². The SMILES string of the molecule is CC(NC(=O)CNC(=O)c1cccc([N+](=O)[O-])c1)c1cccc2ccccc12. The van der Waals surface area contributed by atoms with Gasteiger partial charge in [-0.3, -0.25) is 19.7 Å². The lowest BCUT2D eigenvalue weighted by molar-refractivity contribution is -0.384. The molecule has 3 aromatic carbocycles. The van der Waals surface area contributed by atoms with Gasteiger partial charge in [0.2, 0.25) is 5.91 Å². The fourth-order valence-corrected chi connectivity index (χ4v) is 3.02. The van der Waals surface area contributed by atoms with Gasteiger partial charge in [0.15, 0.2) is 0 Å². The predicted octanol–water partition coefficient (Wildman–Crippen LogP) is 3.36. The number of nitro groups is 1. The summed E-state index contributed by atoms with van der Waals surface area (Å²) in [6.07, 6.45) is 0. The lowest BCUT2D eigenvalue weighted by Crippen LogP contribution is -2.38. The highest BCUT2D eigenvalue weighted by molar-refractivity contribution is 5.97. The Morgan fingerprint density at radius 1 is 1.04 bits per heavy atom. The van der Waals surface area contributed by atoms with E-state index in [-0.39, 0.29) is 29.7 Å². The zero-order valence-corrected chi connectivity index (χ0v) is 15.2. The highest BCUT2D eigenvalue weighted by Gasteiger charge is 2.15. The summed E-state index contributed by atoms with van der Waals surface area (Å²) in [7, 11) is 0. The minimum Gasteiger partial charge on any atom is -0.348 e. The number of nitrogens with zero attached hydrogens (tertiary/aromatic N) is 1. The second-order valence-electron chi connectivity index (χ2n) is 6.35. The molecule has 0 aliphatic carbocycles. The standard InChI is InChI=1S/C21H19N3O4/c1-14(18-11-5-7-15-6-2-3-10-19(15)18)23-20(25)13-22-21(26)16-8-4-9-17(12-16)24(27)28/h2-12,14H,13H2,1H3,(H,22,26)(H,23,25). The van der Waals surface area contributed by atoms with Crippen molar-refractivity contribution in [2.45, 2.75) is 13.0 Å². The molecular weight excluding hydrogens is 358 g/mol. The van der Waals surface area contributed by atoms with Crippen LogP contribution in [0.4, 0.5) is 5.69 Å². The summed E-state index contributed by atoms with van der Waals surface area (Å²) in [6, 6.07) is 18.9. The van der Waals surface area contributed by atoms with Gasteiger partial charge in [-0.1, -0.05) is 48.5 Å². The molecule has 0 radical (unpaired) electrons. The minimum atomic E-state index is -0.574. The molecule has 0 fully saturated rings. The maximum Gasteiger partial charge on any atom is 0.270 e. The molecule has 0 saturated carbocycles. The first-order chi connectivity index (χ1) is 13.5. The molecule has 3 aromatic rings. The van der Waals surface area contributed by atoms with Crippen LogP contribution in [0.1, 0.15) is 28.9 Å². The van der Waals surface area contributed by atoms with Gasteiger partial charge in [-0.2, -0.15) is 0 Å². The average Bonchev–Trinajstić information content (AvgIpc) is 2.71. The van der Waals surface area contributed by atoms with Gasteiger partial charge in [-0.15, -0.1) is 0 Å². The van der Waals surface area contributed by atoms with E-state index in [9.17, 15) is 19.7 Å². The van der Waals surface area contributed by atoms with E-state index in [1.54, 1.807) is 0 Å². The quantitative estimate of drug-likeness (QED) is 0.508. The first kappa shape index (κ1) is 19.0. The number of amides is 2. The van der Waals surface area contributed by atoms with Crippen LogP contribution in [0.25, 0.3) is 10.8 Å². The molecule has 3 rings (SSSR count). The highest BCUT2D eigenvalue weighted by atomic mass is 16.6. The Kier molecular flexibility index (Phi) is 5.64. The number of hydrogen-bond donors (Lipinski definition) is 2. The molecule has 7 nitrogen and oxygen atoms in total. The number of hydrogen-bond acceptors (Lipinski definition) is 4. The van der Waals surface area contributed by atoms with E-state index in [4.69, 9.17) is 0 Å². The van der Waals surface area contributed by atoms with E-state index in [0.717, 1.165) is 16.3 Å². The van der Waals surface area contributed by atoms with Gasteiger partial charge >= 0.3 is 0 Å². The second-order valence-corrected chi connectivity index (χ2v) is 6.35. The van der Waals surface area contributed by atoms with Crippen molar-refractivity contribution in [3.63, 3.8) is 0 Å². The number of benzene rings is 3. The third-order valence-corrected chi connectivity index (χ3v) is 4.40. The van der Waals surface area contributed by atoms with Gasteiger partial charge in [0.1, 0.15) is 0 Å². The van der Waals surface area contributed by atoms with Crippen LogP contribution in [0.5, 0.6) is 0 Å². The van der Waals surface area contributed by atoms with Gasteiger partial charge in [0, 0.05) is 17.7 Å². The molecule has 0 aromatic heterocycles. The van der Waals surface area contributed by atoms with Crippen LogP contribution >= 0.6 is 0 Å². The van der Waals surface area contributed by atoms with E-state index in [1.807, 2.05) is 49.4 Å². The lowest BCUT2D eigenvalue weighted by Gasteiger charge is -2.17. The van der Waals surface area contributed by atoms with Gasteiger partial charge in [-0.25, -0.2) is 0 Å². The van der Waals surface area contributed by atoms with Crippen LogP contribution < -0.4 is 10.6 Å². The first-order valence-corrected chi connectivity index (χ1v) is 8.75. The van der Waals surface area contributed by atoms with Crippen molar-refractivity contribution in [3.05, 3.63) is 88.0 Å². The molecule has 0 heterocycles. The van der Waals surface area contributed by atoms with E-state index in [2.05, 4.69) is 10.6 Å². The number of non-ortho nitro benzene ring substituents is 1. The molecule has 142 valence electrons. The Morgan fingerprint density at radius 2 is 1.75 bits per heavy atom. The molecule has 2 amide bonds. The van der Waals surface area contributed by atoms with Crippen molar-refractivity contribution in [2.24, 2.45) is 0 Å². The fourth-order valence-electron chi connectivity index (χ4n) is 3.02. The number of fused-ring (bicyclic) bond motifs is 1. The molecule has 28 heavy (non-hydrogen) atoms. The van der Waals surface area contributed by atoms with Crippen molar-refractivity contribution in [2.75, 3.05) is 6.54 Å². The van der Waals surface area contributed by atoms with Gasteiger partial charge in [-0.05, 0) is 29.3 Å². The largest absolute Gasteiger partial charge is 0.348 e. The third-order valence-electron chi connectivity index (χ3n) is 4.40. The van der Waals surface area contributed by atoms with Crippen molar-refractivity contribution in [1.82, 2.24) is 10.6 Å². The Bertz CT molecular complexity index is 1040. The maximum absolute atomic E-state index is 12.2. The summed E-state index contributed by atoms with van der Waals surface area (Å²) in [6.45, 7) is 1.65. The normalized spacial score (nSPS) is 11.6. The summed E-state index contributed by atoms with van der Waals surface area (Å²) in [5, 5.41) is 18.3. The zero-order valence-electron chi connectivity index (χ0n) is 15.2. The smallest absolute Gasteiger partial charge is 0.270 e. The van der Waals surface area contributed by atoms with Gasteiger partial charge in [0.05, 0.1) is 17.5 Å².